The minimum Gasteiger partial charge on any atom is 1.00 e. The van der Waals surface area contributed by atoms with Gasteiger partial charge < -0.3 is 0 Å². The molecule has 0 saturated carbocycles. The van der Waals surface area contributed by atoms with Crippen LogP contribution in [0.5, 0.6) is 0 Å². The van der Waals surface area contributed by atoms with E-state index in [1.807, 2.05) is 230 Å². The van der Waals surface area contributed by atoms with E-state index < -0.39 is 83.1 Å². The van der Waals surface area contributed by atoms with Crippen LogP contribution in [0.4, 0.5) is 0 Å². The number of rotatable bonds is 18. The number of hydrogen-bond donors (Lipinski definition) is 0. The Bertz CT molecular complexity index is 3760. The Labute approximate surface area is 715 Å². The van der Waals surface area contributed by atoms with Crippen LogP contribution >= 0.6 is 0 Å². The summed E-state index contributed by atoms with van der Waals surface area (Å²) in [5, 5.41) is 0. The summed E-state index contributed by atoms with van der Waals surface area (Å²) >= 11 is -10.1. The van der Waals surface area contributed by atoms with Gasteiger partial charge in [-0.25, -0.2) is 0 Å². The predicted octanol–water partition coefficient (Wildman–Crippen LogP) is 15.3. The van der Waals surface area contributed by atoms with Crippen molar-refractivity contribution < 1.29 is 136 Å². The molecule has 0 unspecified atom stereocenters. The summed E-state index contributed by atoms with van der Waals surface area (Å²) in [6.07, 6.45) is 0. The summed E-state index contributed by atoms with van der Waals surface area (Å²) in [6, 6.07) is 26.9. The molecule has 0 fully saturated rings. The van der Waals surface area contributed by atoms with E-state index >= 15 is 19.2 Å². The monoisotopic (exact) mass is 1650 g/mol. The third-order valence-electron chi connectivity index (χ3n) is 21.8. The molecule has 0 amide bonds. The van der Waals surface area contributed by atoms with Crippen LogP contribution in [0.2, 0.25) is 98.2 Å². The number of benzene rings is 7. The number of carbonyl (C=O) groups is 7. The van der Waals surface area contributed by atoms with E-state index in [1.165, 1.54) is 0 Å². The van der Waals surface area contributed by atoms with Crippen molar-refractivity contribution in [3.8, 4) is 0 Å². The van der Waals surface area contributed by atoms with Gasteiger partial charge in [0.1, 0.15) is 0 Å². The third-order valence-corrected chi connectivity index (χ3v) is 124. The van der Waals surface area contributed by atoms with Crippen LogP contribution in [0.3, 0.4) is 0 Å². The summed E-state index contributed by atoms with van der Waals surface area (Å²) < 4.78 is -3.03. The number of aryl methyl sites for hydroxylation is 21. The second-order valence-electron chi connectivity index (χ2n) is 34.4. The van der Waals surface area contributed by atoms with Crippen LogP contribution < -0.4 is 103 Å². The van der Waals surface area contributed by atoms with Crippen LogP contribution in [-0.4, -0.2) is 105 Å². The van der Waals surface area contributed by atoms with Gasteiger partial charge in [0.15, 0.2) is 0 Å². The summed E-state index contributed by atoms with van der Waals surface area (Å²) in [7, 11) is -3.30. The standard InChI is InChI=1S/C40H44GeO4.C30H35GeO3.C10H30Si4.C5H15Si2.2K/c1-21-13-25(5)33(26(6)14-21)37(42)41(38(43)34-27(7)15-22(2)16-28(34)8,39(44)35-29(9)17-23(3)18-30(35)10)40(45)36-31(11)19-24(4)20-32(36)12;1-16-10-19(4)25(20(5)11-16)28(32)31(29(33)26-21(6)12-17(2)13-22(26)7)30(34)27-23(8)14-18(3)15-24(27)9;1-11(2,3)14(10,12(4,5)6)13(7,8)9;1-6(2)7(3,4)5;;/h13-20H,1-12H3;10-15H,31H2,1-9H3;1-10H3;1-5H3;;/q;-1;;-1;2*+1. The fraction of sp³-hybridized carbons (Fsp3) is 0.424. The summed E-state index contributed by atoms with van der Waals surface area (Å²) in [4.78, 5) is 105. The predicted molar refractivity (Wildman–Crippen MR) is 452 cm³/mol. The Morgan fingerprint density at radius 1 is 0.255 bits per heavy atom. The molecule has 0 aliphatic rings. The summed E-state index contributed by atoms with van der Waals surface area (Å²) in [5.41, 5.74) is 20.2. The molecule has 0 aliphatic carbocycles. The zero-order chi connectivity index (χ0) is 77.3. The topological polar surface area (TPSA) is 119 Å². The maximum Gasteiger partial charge on any atom is 1.00 e. The minimum absolute atomic E-state index is 0. The van der Waals surface area contributed by atoms with E-state index in [9.17, 15) is 14.4 Å². The van der Waals surface area contributed by atoms with Crippen LogP contribution in [0.15, 0.2) is 84.9 Å². The molecule has 7 rings (SSSR count). The van der Waals surface area contributed by atoms with E-state index in [0.29, 0.717) is 83.5 Å². The van der Waals surface area contributed by atoms with Crippen molar-refractivity contribution in [1.82, 2.24) is 0 Å². The van der Waals surface area contributed by atoms with Gasteiger partial charge in [0.25, 0.3) is 0 Å². The normalized spacial score (nSPS) is 11.9. The van der Waals surface area contributed by atoms with E-state index in [2.05, 4.69) is 98.2 Å². The zero-order valence-corrected chi connectivity index (χ0v) is 88.0. The molecule has 0 aliphatic heterocycles. The SMILES string of the molecule is C[Si-](C)[Si](C)(C)C.C[Si](C)(C)[Si](C)([Si](C)(C)C)[Si](C)(C)C.Cc1cc(C)c([C](=O)[GeH2-]([C](=O)c2c(C)cc(C)cc2C)[C](=O)c2c(C)cc(C)cc2C)c(C)c1.Cc1cc(C)c([C](=O)[Ge]([C](=O)c2c(C)cc(C)cc2C)([C](=O)c2c(C)cc(C)cc2C)[C](=O)c2c(C)cc(C)cc2C)c(C)c1.[K+].[K+]. The largest absolute Gasteiger partial charge is 1.00 e. The Morgan fingerprint density at radius 3 is 0.471 bits per heavy atom. The van der Waals surface area contributed by atoms with E-state index in [-0.39, 0.29) is 125 Å². The first kappa shape index (κ1) is 96.0. The molecule has 102 heavy (non-hydrogen) atoms. The van der Waals surface area contributed by atoms with Gasteiger partial charge in [-0.15, -0.1) is 7.59 Å². The average Bonchev–Trinajstić information content (AvgIpc) is 0.718. The molecule has 0 saturated heterocycles. The molecule has 0 N–H and O–H groups in total. The molecule has 7 aromatic carbocycles. The van der Waals surface area contributed by atoms with Gasteiger partial charge in [0.05, 0.1) is 0 Å². The molecule has 0 spiro atoms. The van der Waals surface area contributed by atoms with E-state index in [0.717, 1.165) is 72.3 Å². The third kappa shape index (κ3) is 21.5. The number of carbonyl (C=O) groups excluding carboxylic acids is 7. The average molecular weight is 1650 g/mol. The summed E-state index contributed by atoms with van der Waals surface area (Å²) in [5.74, 6) is 0. The molecule has 0 heterocycles. The quantitative estimate of drug-likeness (QED) is 0.0785. The van der Waals surface area contributed by atoms with Crippen LogP contribution in [0.1, 0.15) is 189 Å². The molecule has 0 radical (unpaired) electrons. The second-order valence-corrected chi connectivity index (χ2v) is 104. The maximum absolute atomic E-state index is 15.6. The van der Waals surface area contributed by atoms with Gasteiger partial charge in [-0.1, -0.05) is 85.1 Å². The molecule has 17 heteroatoms. The first-order valence-electron chi connectivity index (χ1n) is 35.8. The minimum atomic E-state index is -5.87. The Kier molecular flexibility index (Phi) is 35.3. The fourth-order valence-corrected chi connectivity index (χ4v) is 121. The van der Waals surface area contributed by atoms with Crippen LogP contribution in [0, 0.1) is 145 Å². The van der Waals surface area contributed by atoms with Crippen molar-refractivity contribution in [2.24, 2.45) is 0 Å². The summed E-state index contributed by atoms with van der Waals surface area (Å²) in [6.45, 7) is 77.5. The first-order valence-corrected chi connectivity index (χ1v) is 67.5. The van der Waals surface area contributed by atoms with Gasteiger partial charge in [-0.05, 0) is 0 Å². The van der Waals surface area contributed by atoms with Gasteiger partial charge in [0, 0.05) is 29.4 Å². The van der Waals surface area contributed by atoms with Crippen LogP contribution in [-0.2, 0) is 0 Å². The second kappa shape index (κ2) is 37.5. The molecular weight excluding hydrogens is 1520 g/mol. The molecule has 7 nitrogen and oxygen atoms in total. The van der Waals surface area contributed by atoms with Crippen molar-refractivity contribution in [3.05, 3.63) is 241 Å². The van der Waals surface area contributed by atoms with E-state index in [1.54, 1.807) is 0 Å². The molecule has 7 aromatic rings. The first-order chi connectivity index (χ1) is 45.4. The maximum atomic E-state index is 15.6. The van der Waals surface area contributed by atoms with Crippen molar-refractivity contribution in [2.75, 3.05) is 0 Å². The molecule has 540 valence electrons. The molecule has 0 bridgehead atoms. The van der Waals surface area contributed by atoms with Crippen molar-refractivity contribution in [1.29, 1.82) is 0 Å². The Balaban J connectivity index is 0.000000543. The van der Waals surface area contributed by atoms with Crippen LogP contribution in [0.25, 0.3) is 0 Å². The van der Waals surface area contributed by atoms with Crippen molar-refractivity contribution in [2.45, 2.75) is 244 Å². The number of hydrogen-bond acceptors (Lipinski definition) is 7. The van der Waals surface area contributed by atoms with E-state index in [4.69, 9.17) is 0 Å². The molecule has 0 aromatic heterocycles. The van der Waals surface area contributed by atoms with Crippen molar-refractivity contribution >= 4 is 105 Å². The molecule has 0 atom stereocenters. The Hall–Kier alpha value is -2.11. The van der Waals surface area contributed by atoms with Crippen molar-refractivity contribution in [3.63, 3.8) is 0 Å². The smallest absolute Gasteiger partial charge is 1.00 e. The fourth-order valence-electron chi connectivity index (χ4n) is 16.7. The van der Waals surface area contributed by atoms with Gasteiger partial charge >= 0.3 is 582 Å². The van der Waals surface area contributed by atoms with Gasteiger partial charge in [-0.2, -0.15) is 13.1 Å². The Morgan fingerprint density at radius 2 is 0.373 bits per heavy atom. The zero-order valence-electron chi connectivity index (χ0n) is 70.6. The van der Waals surface area contributed by atoms with Gasteiger partial charge in [-0.3, -0.25) is 8.31 Å². The molecular formula is C85H124Ge2K2O7Si6. The van der Waals surface area contributed by atoms with Gasteiger partial charge in [0.2, 0.25) is 0 Å².